The molecule has 0 saturated carbocycles. The van der Waals surface area contributed by atoms with Gasteiger partial charge in [0.25, 0.3) is 0 Å². The fourth-order valence-corrected chi connectivity index (χ4v) is 1.64. The molecule has 0 atom stereocenters. The molecule has 0 amide bonds. The number of carbonyl (C=O) groups is 1. The minimum Gasteiger partial charge on any atom is -0.496 e. The molecule has 1 aromatic rings. The predicted molar refractivity (Wildman–Crippen MR) is 54.4 cm³/mol. The molecule has 0 aliphatic rings. The van der Waals surface area contributed by atoms with Crippen LogP contribution in [0.4, 0.5) is 0 Å². The first-order chi connectivity index (χ1) is 6.49. The molecular formula is C10H11ClO3. The van der Waals surface area contributed by atoms with Crippen molar-refractivity contribution in [2.75, 3.05) is 7.11 Å². The van der Waals surface area contributed by atoms with Gasteiger partial charge in [0.15, 0.2) is 0 Å². The normalized spacial score (nSPS) is 10.0. The number of carboxylic acids is 1. The van der Waals surface area contributed by atoms with E-state index in [1.165, 1.54) is 7.11 Å². The van der Waals surface area contributed by atoms with Gasteiger partial charge in [0.05, 0.1) is 17.7 Å². The Kier molecular flexibility index (Phi) is 3.01. The summed E-state index contributed by atoms with van der Waals surface area (Å²) in [4.78, 5) is 10.9. The van der Waals surface area contributed by atoms with Crippen molar-refractivity contribution < 1.29 is 14.6 Å². The third-order valence-corrected chi connectivity index (χ3v) is 2.57. The van der Waals surface area contributed by atoms with Crippen molar-refractivity contribution >= 4 is 17.6 Å². The zero-order valence-electron chi connectivity index (χ0n) is 8.22. The lowest BCUT2D eigenvalue weighted by Gasteiger charge is -2.11. The van der Waals surface area contributed by atoms with Crippen molar-refractivity contribution in [2.45, 2.75) is 13.8 Å². The second-order valence-corrected chi connectivity index (χ2v) is 3.39. The van der Waals surface area contributed by atoms with Gasteiger partial charge >= 0.3 is 5.97 Å². The Morgan fingerprint density at radius 1 is 1.50 bits per heavy atom. The van der Waals surface area contributed by atoms with E-state index in [4.69, 9.17) is 21.4 Å². The second kappa shape index (κ2) is 3.88. The van der Waals surface area contributed by atoms with Gasteiger partial charge in [-0.1, -0.05) is 11.6 Å². The molecule has 1 N–H and O–H groups in total. The molecule has 0 saturated heterocycles. The van der Waals surface area contributed by atoms with Crippen molar-refractivity contribution in [3.8, 4) is 5.75 Å². The maximum atomic E-state index is 10.9. The van der Waals surface area contributed by atoms with E-state index < -0.39 is 5.97 Å². The number of ether oxygens (including phenoxy) is 1. The molecule has 76 valence electrons. The topological polar surface area (TPSA) is 46.5 Å². The molecular weight excluding hydrogens is 204 g/mol. The summed E-state index contributed by atoms with van der Waals surface area (Å²) < 4.78 is 5.06. The second-order valence-electron chi connectivity index (χ2n) is 3.01. The molecule has 0 bridgehead atoms. The molecule has 1 rings (SSSR count). The number of methoxy groups -OCH3 is 1. The highest BCUT2D eigenvalue weighted by Crippen LogP contribution is 2.31. The van der Waals surface area contributed by atoms with E-state index in [0.717, 1.165) is 0 Å². The van der Waals surface area contributed by atoms with Gasteiger partial charge in [-0.25, -0.2) is 4.79 Å². The quantitative estimate of drug-likeness (QED) is 0.823. The number of hydrogen-bond donors (Lipinski definition) is 1. The molecule has 0 aliphatic carbocycles. The molecule has 0 heterocycles. The molecule has 3 nitrogen and oxygen atoms in total. The fourth-order valence-electron chi connectivity index (χ4n) is 1.32. The van der Waals surface area contributed by atoms with E-state index in [9.17, 15) is 4.79 Å². The van der Waals surface area contributed by atoms with Crippen LogP contribution in [0.3, 0.4) is 0 Å². The number of aromatic carboxylic acids is 1. The highest BCUT2D eigenvalue weighted by Gasteiger charge is 2.17. The highest BCUT2D eigenvalue weighted by molar-refractivity contribution is 6.34. The van der Waals surface area contributed by atoms with E-state index in [-0.39, 0.29) is 10.6 Å². The van der Waals surface area contributed by atoms with Gasteiger partial charge in [-0.3, -0.25) is 0 Å². The van der Waals surface area contributed by atoms with Crippen molar-refractivity contribution in [2.24, 2.45) is 0 Å². The molecule has 0 fully saturated rings. The Bertz CT molecular complexity index is 385. The minimum absolute atomic E-state index is 0.143. The summed E-state index contributed by atoms with van der Waals surface area (Å²) in [5, 5.41) is 9.15. The van der Waals surface area contributed by atoms with Crippen molar-refractivity contribution in [3.63, 3.8) is 0 Å². The van der Waals surface area contributed by atoms with Crippen LogP contribution in [-0.2, 0) is 0 Å². The van der Waals surface area contributed by atoms with E-state index in [2.05, 4.69) is 0 Å². The zero-order valence-corrected chi connectivity index (χ0v) is 8.97. The number of halogens is 1. The molecule has 0 aromatic heterocycles. The van der Waals surface area contributed by atoms with E-state index in [1.54, 1.807) is 19.9 Å². The van der Waals surface area contributed by atoms with Gasteiger partial charge in [-0.15, -0.1) is 0 Å². The van der Waals surface area contributed by atoms with Gasteiger partial charge in [-0.05, 0) is 25.5 Å². The first kappa shape index (κ1) is 10.9. The highest BCUT2D eigenvalue weighted by atomic mass is 35.5. The van der Waals surface area contributed by atoms with Crippen LogP contribution in [0.15, 0.2) is 6.07 Å². The average Bonchev–Trinajstić information content (AvgIpc) is 2.10. The number of hydrogen-bond acceptors (Lipinski definition) is 2. The molecule has 0 spiro atoms. The maximum absolute atomic E-state index is 10.9. The third-order valence-electron chi connectivity index (χ3n) is 2.09. The molecule has 0 aliphatic heterocycles. The van der Waals surface area contributed by atoms with E-state index in [1.807, 2.05) is 0 Å². The Morgan fingerprint density at radius 2 is 2.07 bits per heavy atom. The third kappa shape index (κ3) is 1.68. The summed E-state index contributed by atoms with van der Waals surface area (Å²) in [6.07, 6.45) is 0. The van der Waals surface area contributed by atoms with E-state index >= 15 is 0 Å². The fraction of sp³-hybridized carbons (Fsp3) is 0.300. The smallest absolute Gasteiger partial charge is 0.337 e. The summed E-state index contributed by atoms with van der Waals surface area (Å²) in [6.45, 7) is 3.42. The lowest BCUT2D eigenvalue weighted by Crippen LogP contribution is -2.03. The number of rotatable bonds is 2. The maximum Gasteiger partial charge on any atom is 0.337 e. The molecule has 14 heavy (non-hydrogen) atoms. The number of benzene rings is 1. The van der Waals surface area contributed by atoms with Crippen molar-refractivity contribution in [3.05, 3.63) is 27.8 Å². The number of carboxylic acid groups (broad SMARTS) is 1. The molecule has 1 aromatic carbocycles. The monoisotopic (exact) mass is 214 g/mol. The summed E-state index contributed by atoms with van der Waals surface area (Å²) >= 11 is 5.92. The first-order valence-corrected chi connectivity index (χ1v) is 4.43. The summed E-state index contributed by atoms with van der Waals surface area (Å²) in [5.74, 6) is -0.407. The average molecular weight is 215 g/mol. The van der Waals surface area contributed by atoms with Gasteiger partial charge < -0.3 is 9.84 Å². The molecule has 0 radical (unpaired) electrons. The van der Waals surface area contributed by atoms with Crippen LogP contribution >= 0.6 is 11.6 Å². The van der Waals surface area contributed by atoms with Crippen molar-refractivity contribution in [1.82, 2.24) is 0 Å². The molecule has 4 heteroatoms. The predicted octanol–water partition coefficient (Wildman–Crippen LogP) is 2.66. The largest absolute Gasteiger partial charge is 0.496 e. The van der Waals surface area contributed by atoms with Crippen LogP contribution in [-0.4, -0.2) is 18.2 Å². The Labute approximate surface area is 87.3 Å². The van der Waals surface area contributed by atoms with Crippen molar-refractivity contribution in [1.29, 1.82) is 0 Å². The summed E-state index contributed by atoms with van der Waals surface area (Å²) in [7, 11) is 1.53. The Morgan fingerprint density at radius 3 is 2.50 bits per heavy atom. The van der Waals surface area contributed by atoms with E-state index in [0.29, 0.717) is 16.9 Å². The van der Waals surface area contributed by atoms with Crippen LogP contribution in [0.1, 0.15) is 21.5 Å². The van der Waals surface area contributed by atoms with Crippen LogP contribution in [0, 0.1) is 13.8 Å². The van der Waals surface area contributed by atoms with Gasteiger partial charge in [0.2, 0.25) is 0 Å². The first-order valence-electron chi connectivity index (χ1n) is 4.06. The molecule has 0 unspecified atom stereocenters. The van der Waals surface area contributed by atoms with Crippen LogP contribution in [0.25, 0.3) is 0 Å². The van der Waals surface area contributed by atoms with Gasteiger partial charge in [0.1, 0.15) is 5.75 Å². The number of aryl methyl sites for hydroxylation is 1. The van der Waals surface area contributed by atoms with Crippen LogP contribution in [0.2, 0.25) is 5.02 Å². The van der Waals surface area contributed by atoms with Crippen LogP contribution in [0.5, 0.6) is 5.75 Å². The Balaban J connectivity index is 3.49. The minimum atomic E-state index is -1.02. The Hall–Kier alpha value is -1.22. The lowest BCUT2D eigenvalue weighted by atomic mass is 10.0. The van der Waals surface area contributed by atoms with Gasteiger partial charge in [-0.2, -0.15) is 0 Å². The lowest BCUT2D eigenvalue weighted by molar-refractivity contribution is 0.0696. The van der Waals surface area contributed by atoms with Gasteiger partial charge in [0, 0.05) is 5.56 Å². The van der Waals surface area contributed by atoms with Crippen LogP contribution < -0.4 is 4.74 Å². The summed E-state index contributed by atoms with van der Waals surface area (Å²) in [6, 6.07) is 1.67. The summed E-state index contributed by atoms with van der Waals surface area (Å²) in [5.41, 5.74) is 1.40. The zero-order chi connectivity index (χ0) is 10.9. The SMILES string of the molecule is COc1cc(C)c(C(=O)O)c(Cl)c1C. The standard InChI is InChI=1S/C10H11ClO3/c1-5-4-7(14-3)6(2)9(11)8(5)10(12)13/h4H,1-3H3,(H,12,13).